The van der Waals surface area contributed by atoms with Gasteiger partial charge < -0.3 is 15.3 Å². The number of carboxylic acid groups (broad SMARTS) is 1. The molecule has 0 amide bonds. The molecule has 0 spiro atoms. The van der Waals surface area contributed by atoms with Crippen LogP contribution in [0.2, 0.25) is 0 Å². The van der Waals surface area contributed by atoms with Gasteiger partial charge >= 0.3 is 16.3 Å². The average Bonchev–Trinajstić information content (AvgIpc) is 3.05. The summed E-state index contributed by atoms with van der Waals surface area (Å²) in [5.41, 5.74) is -0.508. The van der Waals surface area contributed by atoms with Crippen molar-refractivity contribution in [3.8, 4) is 0 Å². The van der Waals surface area contributed by atoms with Crippen LogP contribution in [-0.4, -0.2) is 52.5 Å². The number of carboxylic acids is 1. The molecular weight excluding hydrogens is 446 g/mol. The highest BCUT2D eigenvalue weighted by Crippen LogP contribution is 2.68. The van der Waals surface area contributed by atoms with E-state index < -0.39 is 39.9 Å². The normalized spacial score (nSPS) is 48.4. The number of fused-ring (bicyclic) bond motifs is 5. The van der Waals surface area contributed by atoms with Gasteiger partial charge in [0.05, 0.1) is 12.2 Å². The predicted octanol–water partition coefficient (Wildman–Crippen LogP) is 2.85. The van der Waals surface area contributed by atoms with E-state index in [-0.39, 0.29) is 47.3 Å². The lowest BCUT2D eigenvalue weighted by Gasteiger charge is -2.64. The molecule has 190 valence electrons. The van der Waals surface area contributed by atoms with Gasteiger partial charge in [0.15, 0.2) is 0 Å². The summed E-state index contributed by atoms with van der Waals surface area (Å²) in [5, 5.41) is 31.1. The zero-order valence-electron chi connectivity index (χ0n) is 20.0. The molecule has 0 saturated heterocycles. The van der Waals surface area contributed by atoms with Gasteiger partial charge in [0.2, 0.25) is 0 Å². The van der Waals surface area contributed by atoms with Gasteiger partial charge in [-0.05, 0) is 97.7 Å². The van der Waals surface area contributed by atoms with E-state index in [1.165, 1.54) is 0 Å². The molecule has 0 aromatic heterocycles. The molecule has 4 unspecified atom stereocenters. The van der Waals surface area contributed by atoms with Crippen molar-refractivity contribution in [1.82, 2.24) is 4.72 Å². The zero-order valence-corrected chi connectivity index (χ0v) is 20.8. The fourth-order valence-corrected chi connectivity index (χ4v) is 9.68. The minimum atomic E-state index is -4.40. The second kappa shape index (κ2) is 8.73. The molecule has 9 heteroatoms. The lowest BCUT2D eigenvalue weighted by atomic mass is 9.42. The van der Waals surface area contributed by atoms with Gasteiger partial charge in [-0.2, -0.15) is 13.1 Å². The molecule has 0 aromatic rings. The van der Waals surface area contributed by atoms with Crippen molar-refractivity contribution in [2.75, 3.05) is 0 Å². The van der Waals surface area contributed by atoms with Crippen molar-refractivity contribution in [1.29, 1.82) is 0 Å². The standard InChI is InChI=1S/C24H41NO7S/c1-13(4-7-21(28)29)16-5-6-17-22-18(12-20(27)24(16,17)3)23(2)9-8-15(26)10-14(23)11-19(22)25-33(30,31)32/h13-20,22,25-27H,4-12H2,1-3H3,(H,28,29)(H,30,31,32)/t13-,14?,15-,16-,17+,18+,19-,20+,22?,23?,24?/m1/s1. The van der Waals surface area contributed by atoms with Crippen molar-refractivity contribution in [2.45, 2.75) is 96.8 Å². The molecule has 4 rings (SSSR count). The van der Waals surface area contributed by atoms with Crippen LogP contribution in [0.3, 0.4) is 0 Å². The predicted molar refractivity (Wildman–Crippen MR) is 123 cm³/mol. The third kappa shape index (κ3) is 4.37. The Kier molecular flexibility index (Phi) is 6.71. The maximum absolute atomic E-state index is 11.9. The summed E-state index contributed by atoms with van der Waals surface area (Å²) >= 11 is 0. The van der Waals surface area contributed by atoms with Gasteiger partial charge in [0, 0.05) is 12.5 Å². The largest absolute Gasteiger partial charge is 0.481 e. The van der Waals surface area contributed by atoms with Crippen molar-refractivity contribution >= 4 is 16.3 Å². The van der Waals surface area contributed by atoms with Crippen LogP contribution < -0.4 is 4.72 Å². The third-order valence-corrected chi connectivity index (χ3v) is 11.3. The van der Waals surface area contributed by atoms with E-state index in [0.29, 0.717) is 25.7 Å². The lowest BCUT2D eigenvalue weighted by molar-refractivity contribution is -0.182. The van der Waals surface area contributed by atoms with Gasteiger partial charge in [0.1, 0.15) is 0 Å². The van der Waals surface area contributed by atoms with E-state index in [2.05, 4.69) is 25.5 Å². The molecule has 11 atom stereocenters. The number of hydrogen-bond acceptors (Lipinski definition) is 5. The van der Waals surface area contributed by atoms with E-state index in [1.54, 1.807) is 0 Å². The number of rotatable bonds is 6. The number of hydrogen-bond donors (Lipinski definition) is 5. The Morgan fingerprint density at radius 2 is 1.79 bits per heavy atom. The monoisotopic (exact) mass is 487 g/mol. The third-order valence-electron chi connectivity index (χ3n) is 10.7. The first-order chi connectivity index (χ1) is 15.3. The molecule has 0 aliphatic heterocycles. The molecule has 0 radical (unpaired) electrons. The first-order valence-electron chi connectivity index (χ1n) is 12.6. The van der Waals surface area contributed by atoms with Gasteiger partial charge in [-0.1, -0.05) is 20.8 Å². The lowest BCUT2D eigenvalue weighted by Crippen LogP contribution is -2.65. The highest BCUT2D eigenvalue weighted by Gasteiger charge is 2.66. The minimum Gasteiger partial charge on any atom is -0.481 e. The summed E-state index contributed by atoms with van der Waals surface area (Å²) in [6.45, 7) is 6.45. The molecule has 8 nitrogen and oxygen atoms in total. The smallest absolute Gasteiger partial charge is 0.333 e. The van der Waals surface area contributed by atoms with E-state index in [4.69, 9.17) is 5.11 Å². The second-order valence-corrected chi connectivity index (χ2v) is 13.3. The molecule has 4 saturated carbocycles. The Balaban J connectivity index is 1.69. The van der Waals surface area contributed by atoms with Crippen LogP contribution in [0.1, 0.15) is 78.6 Å². The first kappa shape index (κ1) is 25.4. The van der Waals surface area contributed by atoms with Crippen molar-refractivity contribution in [2.24, 2.45) is 46.3 Å². The number of carbonyl (C=O) groups is 1. The van der Waals surface area contributed by atoms with Gasteiger partial charge in [-0.3, -0.25) is 9.35 Å². The van der Waals surface area contributed by atoms with Crippen LogP contribution >= 0.6 is 0 Å². The second-order valence-electron chi connectivity index (χ2n) is 12.1. The van der Waals surface area contributed by atoms with E-state index in [9.17, 15) is 28.0 Å². The van der Waals surface area contributed by atoms with Gasteiger partial charge in [0.25, 0.3) is 0 Å². The quantitative estimate of drug-likeness (QED) is 0.362. The van der Waals surface area contributed by atoms with Crippen LogP contribution in [-0.2, 0) is 15.1 Å². The number of aliphatic carboxylic acids is 1. The molecule has 0 aromatic carbocycles. The van der Waals surface area contributed by atoms with Gasteiger partial charge in [-0.15, -0.1) is 0 Å². The Morgan fingerprint density at radius 3 is 2.42 bits per heavy atom. The topological polar surface area (TPSA) is 144 Å². The molecule has 0 bridgehead atoms. The minimum absolute atomic E-state index is 0.00603. The zero-order chi connectivity index (χ0) is 24.3. The van der Waals surface area contributed by atoms with E-state index in [0.717, 1.165) is 25.7 Å². The summed E-state index contributed by atoms with van der Waals surface area (Å²) in [7, 11) is -4.40. The Morgan fingerprint density at radius 1 is 1.09 bits per heavy atom. The first-order valence-corrected chi connectivity index (χ1v) is 14.0. The molecule has 0 heterocycles. The molecule has 4 aliphatic rings. The molecular formula is C24H41NO7S. The van der Waals surface area contributed by atoms with Crippen LogP contribution in [0.25, 0.3) is 0 Å². The maximum atomic E-state index is 11.9. The number of nitrogens with one attached hydrogen (secondary N) is 1. The average molecular weight is 488 g/mol. The van der Waals surface area contributed by atoms with Crippen molar-refractivity contribution in [3.63, 3.8) is 0 Å². The summed E-state index contributed by atoms with van der Waals surface area (Å²) in [5.74, 6) is -0.182. The number of aliphatic hydroxyl groups excluding tert-OH is 2. The summed E-state index contributed by atoms with van der Waals surface area (Å²) < 4.78 is 36.1. The molecule has 4 fully saturated rings. The SMILES string of the molecule is C[C@H](CCC(=O)O)[C@H]1CC[C@H]2C3[C@H](NS(=O)(=O)O)CC4C[C@H](O)CCC4(C)[C@H]3C[C@H](O)C12C. The van der Waals surface area contributed by atoms with Gasteiger partial charge in [-0.25, -0.2) is 0 Å². The highest BCUT2D eigenvalue weighted by atomic mass is 32.2. The summed E-state index contributed by atoms with van der Waals surface area (Å²) in [4.78, 5) is 11.1. The number of aliphatic hydroxyl groups is 2. The Bertz CT molecular complexity index is 865. The van der Waals surface area contributed by atoms with Crippen molar-refractivity contribution in [3.05, 3.63) is 0 Å². The Hall–Kier alpha value is -0.740. The van der Waals surface area contributed by atoms with Crippen LogP contribution in [0.15, 0.2) is 0 Å². The van der Waals surface area contributed by atoms with E-state index >= 15 is 0 Å². The van der Waals surface area contributed by atoms with Crippen LogP contribution in [0, 0.1) is 46.3 Å². The fraction of sp³-hybridized carbons (Fsp3) is 0.958. The summed E-state index contributed by atoms with van der Waals surface area (Å²) in [6.07, 6.45) is 4.84. The van der Waals surface area contributed by atoms with Crippen LogP contribution in [0.5, 0.6) is 0 Å². The highest BCUT2D eigenvalue weighted by molar-refractivity contribution is 7.83. The molecule has 33 heavy (non-hydrogen) atoms. The van der Waals surface area contributed by atoms with Crippen molar-refractivity contribution < 1.29 is 33.1 Å². The fourth-order valence-electron chi connectivity index (χ4n) is 9.04. The van der Waals surface area contributed by atoms with Crippen LogP contribution in [0.4, 0.5) is 0 Å². The molecule has 5 N–H and O–H groups in total. The Labute approximate surface area is 197 Å². The van der Waals surface area contributed by atoms with E-state index in [1.807, 2.05) is 0 Å². The molecule has 4 aliphatic carbocycles. The summed E-state index contributed by atoms with van der Waals surface area (Å²) in [6, 6.07) is -0.432. The maximum Gasteiger partial charge on any atom is 0.333 e.